The summed E-state index contributed by atoms with van der Waals surface area (Å²) in [6.07, 6.45) is 2.26. The number of likely N-dealkylation sites (N-methyl/N-ethyl adjacent to an activating group) is 1. The summed E-state index contributed by atoms with van der Waals surface area (Å²) in [7, 11) is -4.42. The van der Waals surface area contributed by atoms with Gasteiger partial charge in [0.25, 0.3) is 0 Å². The smallest absolute Gasteiger partial charge is 0.243 e. The van der Waals surface area contributed by atoms with E-state index in [-0.39, 0.29) is 16.3 Å². The summed E-state index contributed by atoms with van der Waals surface area (Å²) < 4.78 is 57.9. The van der Waals surface area contributed by atoms with Gasteiger partial charge in [-0.25, -0.2) is 16.8 Å². The standard InChI is InChI=1S/C22H29N3O6S2/c1-24(32(27,28)20-11-7-19(31-2)8-12-20)17-22(26)23-14-13-18-5-9-21(10-6-18)33(29,30)25-15-3-4-16-25/h5-12H,3-4,13-17H2,1-2H3,(H,23,26). The van der Waals surface area contributed by atoms with Gasteiger partial charge >= 0.3 is 0 Å². The highest BCUT2D eigenvalue weighted by molar-refractivity contribution is 7.89. The zero-order valence-electron chi connectivity index (χ0n) is 18.7. The van der Waals surface area contributed by atoms with Crippen LogP contribution in [0.4, 0.5) is 0 Å². The topological polar surface area (TPSA) is 113 Å². The molecular weight excluding hydrogens is 466 g/mol. The van der Waals surface area contributed by atoms with E-state index in [0.717, 1.165) is 22.7 Å². The van der Waals surface area contributed by atoms with Crippen molar-refractivity contribution >= 4 is 26.0 Å². The van der Waals surface area contributed by atoms with Crippen LogP contribution in [0.3, 0.4) is 0 Å². The lowest BCUT2D eigenvalue weighted by molar-refractivity contribution is -0.121. The molecule has 1 N–H and O–H groups in total. The van der Waals surface area contributed by atoms with Crippen LogP contribution in [0.5, 0.6) is 5.75 Å². The number of rotatable bonds is 10. The summed E-state index contributed by atoms with van der Waals surface area (Å²) >= 11 is 0. The second-order valence-corrected chi connectivity index (χ2v) is 11.8. The fraction of sp³-hybridized carbons (Fsp3) is 0.409. The number of benzene rings is 2. The van der Waals surface area contributed by atoms with E-state index in [2.05, 4.69) is 5.32 Å². The summed E-state index contributed by atoms with van der Waals surface area (Å²) in [6.45, 7) is 1.09. The molecule has 3 rings (SSSR count). The highest BCUT2D eigenvalue weighted by atomic mass is 32.2. The van der Waals surface area contributed by atoms with Crippen LogP contribution in [0.25, 0.3) is 0 Å². The lowest BCUT2D eigenvalue weighted by atomic mass is 10.1. The SMILES string of the molecule is COc1ccc(S(=O)(=O)N(C)CC(=O)NCCc2ccc(S(=O)(=O)N3CCCC3)cc2)cc1. The van der Waals surface area contributed by atoms with Gasteiger partial charge in [-0.1, -0.05) is 12.1 Å². The number of sulfonamides is 2. The van der Waals surface area contributed by atoms with E-state index in [1.54, 1.807) is 36.4 Å². The zero-order valence-corrected chi connectivity index (χ0v) is 20.4. The Labute approximate surface area is 195 Å². The van der Waals surface area contributed by atoms with Crippen molar-refractivity contribution in [3.8, 4) is 5.75 Å². The van der Waals surface area contributed by atoms with Crippen molar-refractivity contribution in [3.63, 3.8) is 0 Å². The van der Waals surface area contributed by atoms with Crippen LogP contribution in [-0.2, 0) is 31.3 Å². The average Bonchev–Trinajstić information content (AvgIpc) is 3.35. The summed E-state index contributed by atoms with van der Waals surface area (Å²) in [4.78, 5) is 12.6. The van der Waals surface area contributed by atoms with Crippen LogP contribution >= 0.6 is 0 Å². The predicted molar refractivity (Wildman–Crippen MR) is 124 cm³/mol. The Morgan fingerprint density at radius 2 is 1.55 bits per heavy atom. The van der Waals surface area contributed by atoms with Gasteiger partial charge < -0.3 is 10.1 Å². The van der Waals surface area contributed by atoms with Gasteiger partial charge in [0.1, 0.15) is 5.75 Å². The second-order valence-electron chi connectivity index (χ2n) is 7.79. The van der Waals surface area contributed by atoms with E-state index in [1.165, 1.54) is 30.6 Å². The van der Waals surface area contributed by atoms with Crippen molar-refractivity contribution in [3.05, 3.63) is 54.1 Å². The molecule has 2 aromatic rings. The first-order valence-corrected chi connectivity index (χ1v) is 13.5. The summed E-state index contributed by atoms with van der Waals surface area (Å²) in [5, 5.41) is 2.70. The molecule has 0 spiro atoms. The van der Waals surface area contributed by atoms with Crippen LogP contribution in [0, 0.1) is 0 Å². The number of carbonyl (C=O) groups is 1. The molecule has 0 saturated carbocycles. The number of nitrogens with one attached hydrogen (secondary N) is 1. The molecule has 11 heteroatoms. The van der Waals surface area contributed by atoms with E-state index in [9.17, 15) is 21.6 Å². The van der Waals surface area contributed by atoms with Gasteiger partial charge in [-0.05, 0) is 61.2 Å². The lowest BCUT2D eigenvalue weighted by Gasteiger charge is -2.17. The first kappa shape index (κ1) is 25.2. The molecule has 33 heavy (non-hydrogen) atoms. The molecule has 1 aliphatic heterocycles. The molecule has 0 unspecified atom stereocenters. The van der Waals surface area contributed by atoms with Crippen LogP contribution < -0.4 is 10.1 Å². The Morgan fingerprint density at radius 1 is 0.970 bits per heavy atom. The molecule has 0 aromatic heterocycles. The van der Waals surface area contributed by atoms with Crippen molar-refractivity contribution < 1.29 is 26.4 Å². The van der Waals surface area contributed by atoms with Gasteiger partial charge in [-0.15, -0.1) is 0 Å². The molecule has 1 amide bonds. The van der Waals surface area contributed by atoms with Gasteiger partial charge in [0.2, 0.25) is 26.0 Å². The summed E-state index contributed by atoms with van der Waals surface area (Å²) in [6, 6.07) is 12.6. The van der Waals surface area contributed by atoms with Gasteiger partial charge in [0.05, 0.1) is 23.4 Å². The molecule has 0 radical (unpaired) electrons. The van der Waals surface area contributed by atoms with Crippen molar-refractivity contribution in [2.75, 3.05) is 40.3 Å². The van der Waals surface area contributed by atoms with E-state index in [4.69, 9.17) is 4.74 Å². The maximum absolute atomic E-state index is 12.6. The first-order chi connectivity index (χ1) is 15.6. The Hall–Kier alpha value is -2.47. The third kappa shape index (κ3) is 6.11. The van der Waals surface area contributed by atoms with Gasteiger partial charge in [-0.2, -0.15) is 8.61 Å². The number of hydrogen-bond donors (Lipinski definition) is 1. The minimum atomic E-state index is -3.81. The second kappa shape index (κ2) is 10.6. The number of amides is 1. The number of ether oxygens (including phenoxy) is 1. The first-order valence-electron chi connectivity index (χ1n) is 10.6. The van der Waals surface area contributed by atoms with Crippen molar-refractivity contribution in [2.45, 2.75) is 29.1 Å². The minimum absolute atomic E-state index is 0.0718. The van der Waals surface area contributed by atoms with Gasteiger partial charge in [0, 0.05) is 26.7 Å². The van der Waals surface area contributed by atoms with Crippen LogP contribution in [-0.4, -0.2) is 71.7 Å². The molecule has 180 valence electrons. The predicted octanol–water partition coefficient (Wildman–Crippen LogP) is 1.46. The molecule has 0 aliphatic carbocycles. The molecular formula is C22H29N3O6S2. The van der Waals surface area contributed by atoms with E-state index >= 15 is 0 Å². The van der Waals surface area contributed by atoms with Crippen LogP contribution in [0.1, 0.15) is 18.4 Å². The Balaban J connectivity index is 1.49. The van der Waals surface area contributed by atoms with Crippen LogP contribution in [0.15, 0.2) is 58.3 Å². The molecule has 0 atom stereocenters. The van der Waals surface area contributed by atoms with Crippen molar-refractivity contribution in [1.82, 2.24) is 13.9 Å². The molecule has 1 saturated heterocycles. The fourth-order valence-corrected chi connectivity index (χ4v) is 6.17. The molecule has 1 fully saturated rings. The summed E-state index contributed by atoms with van der Waals surface area (Å²) in [5.74, 6) is 0.110. The quantitative estimate of drug-likeness (QED) is 0.534. The number of nitrogens with zero attached hydrogens (tertiary/aromatic N) is 2. The van der Waals surface area contributed by atoms with E-state index in [0.29, 0.717) is 31.8 Å². The average molecular weight is 496 g/mol. The normalized spacial score (nSPS) is 15.0. The fourth-order valence-electron chi connectivity index (χ4n) is 3.52. The maximum Gasteiger partial charge on any atom is 0.243 e. The lowest BCUT2D eigenvalue weighted by Crippen LogP contribution is -2.39. The third-order valence-electron chi connectivity index (χ3n) is 5.50. The Kier molecular flexibility index (Phi) is 8.11. The van der Waals surface area contributed by atoms with Crippen molar-refractivity contribution in [2.24, 2.45) is 0 Å². The van der Waals surface area contributed by atoms with Gasteiger partial charge in [-0.3, -0.25) is 4.79 Å². The van der Waals surface area contributed by atoms with Gasteiger partial charge in [0.15, 0.2) is 0 Å². The Bertz CT molecular complexity index is 1160. The summed E-state index contributed by atoms with van der Waals surface area (Å²) in [5.41, 5.74) is 0.870. The Morgan fingerprint density at radius 3 is 2.12 bits per heavy atom. The number of carbonyl (C=O) groups excluding carboxylic acids is 1. The van der Waals surface area contributed by atoms with E-state index < -0.39 is 26.0 Å². The highest BCUT2D eigenvalue weighted by Crippen LogP contribution is 2.21. The van der Waals surface area contributed by atoms with E-state index in [1.807, 2.05) is 0 Å². The molecule has 1 heterocycles. The number of methoxy groups -OCH3 is 1. The van der Waals surface area contributed by atoms with Crippen LogP contribution in [0.2, 0.25) is 0 Å². The monoisotopic (exact) mass is 495 g/mol. The molecule has 2 aromatic carbocycles. The largest absolute Gasteiger partial charge is 0.497 e. The third-order valence-corrected chi connectivity index (χ3v) is 9.23. The molecule has 0 bridgehead atoms. The molecule has 9 nitrogen and oxygen atoms in total. The number of hydrogen-bond acceptors (Lipinski definition) is 6. The minimum Gasteiger partial charge on any atom is -0.497 e. The van der Waals surface area contributed by atoms with Crippen molar-refractivity contribution in [1.29, 1.82) is 0 Å². The zero-order chi connectivity index (χ0) is 24.1. The molecule has 1 aliphatic rings. The highest BCUT2D eigenvalue weighted by Gasteiger charge is 2.27. The maximum atomic E-state index is 12.6.